The molecular weight excluding hydrogens is 914 g/mol. The predicted octanol–water partition coefficient (Wildman–Crippen LogP) is 13.9. The van der Waals surface area contributed by atoms with Gasteiger partial charge in [0.2, 0.25) is 0 Å². The fourth-order valence-electron chi connectivity index (χ4n) is 7.92. The van der Waals surface area contributed by atoms with E-state index in [9.17, 15) is 5.11 Å². The van der Waals surface area contributed by atoms with Crippen LogP contribution in [0.2, 0.25) is 0 Å². The summed E-state index contributed by atoms with van der Waals surface area (Å²) < 4.78 is 28.2. The minimum atomic E-state index is -2.41. The first-order valence-corrected chi connectivity index (χ1v) is 19.5. The standard InChI is InChI=1S/C55H38N3O.Pt/c1-37-31-49(41-23-12-5-13-24-41)52(36-48(37)40-21-10-4-11-22-40)58-51-27-16-26-46(54(51)57-55(58)47-25-14-15-28-53(47)59)44-32-43(39-19-8-3-9-20-39)33-45(34-44)50-35-42(29-30-56-50)38-17-6-2-7-18-38;/h2-33,35-36,59H,1H3;/q-1;/i1D3;. The number of para-hydroxylation sites is 2. The van der Waals surface area contributed by atoms with Crippen LogP contribution >= 0.6 is 0 Å². The molecule has 4 nitrogen and oxygen atoms in total. The molecule has 0 saturated carbocycles. The number of imidazole rings is 1. The van der Waals surface area contributed by atoms with Crippen molar-refractivity contribution in [2.75, 3.05) is 0 Å². The van der Waals surface area contributed by atoms with Crippen LogP contribution in [0.15, 0.2) is 206 Å². The summed E-state index contributed by atoms with van der Waals surface area (Å²) in [5.74, 6) is 0.568. The van der Waals surface area contributed by atoms with E-state index in [1.807, 2.05) is 140 Å². The van der Waals surface area contributed by atoms with Crippen molar-refractivity contribution in [3.8, 4) is 89.7 Å². The predicted molar refractivity (Wildman–Crippen MR) is 242 cm³/mol. The summed E-state index contributed by atoms with van der Waals surface area (Å²) in [4.78, 5) is 10.3. The largest absolute Gasteiger partial charge is 0.507 e. The first-order chi connectivity index (χ1) is 30.3. The Bertz CT molecular complexity index is 3230. The van der Waals surface area contributed by atoms with Crippen molar-refractivity contribution in [1.82, 2.24) is 14.5 Å². The van der Waals surface area contributed by atoms with Crippen molar-refractivity contribution in [2.45, 2.75) is 6.85 Å². The van der Waals surface area contributed by atoms with Crippen molar-refractivity contribution >= 4 is 11.0 Å². The number of fused-ring (bicyclic) bond motifs is 1. The second kappa shape index (κ2) is 16.6. The van der Waals surface area contributed by atoms with Crippen LogP contribution in [0.5, 0.6) is 5.75 Å². The van der Waals surface area contributed by atoms with Gasteiger partial charge in [-0.3, -0.25) is 9.55 Å². The van der Waals surface area contributed by atoms with Crippen molar-refractivity contribution in [3.05, 3.63) is 218 Å². The second-order valence-electron chi connectivity index (χ2n) is 14.5. The number of aryl methyl sites for hydroxylation is 1. The maximum atomic E-state index is 11.5. The van der Waals surface area contributed by atoms with Gasteiger partial charge in [0.25, 0.3) is 0 Å². The molecule has 0 unspecified atom stereocenters. The molecule has 0 bridgehead atoms. The Morgan fingerprint density at radius 1 is 0.500 bits per heavy atom. The number of nitrogens with zero attached hydrogens (tertiary/aromatic N) is 3. The third-order valence-electron chi connectivity index (χ3n) is 10.8. The van der Waals surface area contributed by atoms with Crippen LogP contribution in [0.1, 0.15) is 9.68 Å². The van der Waals surface area contributed by atoms with Gasteiger partial charge in [0.15, 0.2) is 0 Å². The molecule has 0 aliphatic carbocycles. The quantitative estimate of drug-likeness (QED) is 0.154. The number of pyridine rings is 1. The monoisotopic (exact) mass is 954 g/mol. The smallest absolute Gasteiger partial charge is 0.148 e. The Morgan fingerprint density at radius 3 is 1.75 bits per heavy atom. The first kappa shape index (κ1) is 34.9. The summed E-state index contributed by atoms with van der Waals surface area (Å²) in [5, 5.41) is 11.5. The molecule has 10 rings (SSSR count). The molecule has 0 atom stereocenters. The maximum Gasteiger partial charge on any atom is 0.148 e. The molecule has 5 heteroatoms. The van der Waals surface area contributed by atoms with Gasteiger partial charge in [0.05, 0.1) is 22.3 Å². The fraction of sp³-hybridized carbons (Fsp3) is 0.0182. The van der Waals surface area contributed by atoms with E-state index in [1.165, 1.54) is 0 Å². The molecule has 2 heterocycles. The van der Waals surface area contributed by atoms with E-state index in [2.05, 4.69) is 59.2 Å². The van der Waals surface area contributed by atoms with Crippen LogP contribution in [0.4, 0.5) is 0 Å². The Balaban J connectivity index is 0.00000504. The van der Waals surface area contributed by atoms with E-state index in [1.54, 1.807) is 18.2 Å². The van der Waals surface area contributed by atoms with Crippen LogP contribution in [-0.2, 0) is 21.1 Å². The Hall–Kier alpha value is -7.13. The van der Waals surface area contributed by atoms with E-state index in [0.717, 1.165) is 61.3 Å². The molecule has 0 fully saturated rings. The normalized spacial score (nSPS) is 12.0. The van der Waals surface area contributed by atoms with Gasteiger partial charge < -0.3 is 5.11 Å². The van der Waals surface area contributed by atoms with E-state index in [4.69, 9.17) is 14.1 Å². The number of rotatable bonds is 8. The SMILES string of the molecule is [2H]C([2H])([2H])c1cc(-c2ccccc2)c(-n2c(-c3ccccc3O)nc3c(-c4[c-]c(-c5cc(-c6ccccc6)ccn5)cc(-c5ccccc5)c4)cccc32)cc1-c1ccccc1.[Pt]. The molecule has 10 aromatic rings. The van der Waals surface area contributed by atoms with Crippen LogP contribution in [0, 0.1) is 12.9 Å². The van der Waals surface area contributed by atoms with Gasteiger partial charge >= 0.3 is 0 Å². The average molecular weight is 955 g/mol. The van der Waals surface area contributed by atoms with Crippen LogP contribution in [0.3, 0.4) is 0 Å². The molecule has 8 aromatic carbocycles. The molecule has 0 aliphatic rings. The zero-order chi connectivity index (χ0) is 42.2. The molecule has 0 aliphatic heterocycles. The summed E-state index contributed by atoms with van der Waals surface area (Å²) in [6.45, 7) is -2.41. The third-order valence-corrected chi connectivity index (χ3v) is 10.8. The van der Waals surface area contributed by atoms with Crippen LogP contribution < -0.4 is 0 Å². The summed E-state index contributed by atoms with van der Waals surface area (Å²) in [7, 11) is 0. The van der Waals surface area contributed by atoms with Gasteiger partial charge in [0, 0.05) is 42.6 Å². The Morgan fingerprint density at radius 2 is 1.08 bits per heavy atom. The number of aromatic hydroxyl groups is 1. The minimum Gasteiger partial charge on any atom is -0.507 e. The van der Waals surface area contributed by atoms with Crippen molar-refractivity contribution in [3.63, 3.8) is 0 Å². The van der Waals surface area contributed by atoms with Crippen LogP contribution in [-0.4, -0.2) is 19.6 Å². The van der Waals surface area contributed by atoms with E-state index in [-0.39, 0.29) is 32.4 Å². The number of hydrogen-bond acceptors (Lipinski definition) is 3. The summed E-state index contributed by atoms with van der Waals surface area (Å²) >= 11 is 0. The number of hydrogen-bond donors (Lipinski definition) is 1. The molecule has 2 aromatic heterocycles. The molecule has 0 radical (unpaired) electrons. The maximum absolute atomic E-state index is 11.5. The van der Waals surface area contributed by atoms with E-state index in [0.29, 0.717) is 33.7 Å². The molecule has 1 N–H and O–H groups in total. The third kappa shape index (κ3) is 7.27. The molecular formula is C55H38N3OPt-. The molecule has 60 heavy (non-hydrogen) atoms. The Kier molecular flexibility index (Phi) is 9.66. The molecule has 0 saturated heterocycles. The van der Waals surface area contributed by atoms with Crippen LogP contribution in [0.25, 0.3) is 95.0 Å². The first-order valence-electron chi connectivity index (χ1n) is 21.0. The summed E-state index contributed by atoms with van der Waals surface area (Å²) in [6, 6.07) is 69.1. The minimum absolute atomic E-state index is 0. The number of phenols is 1. The van der Waals surface area contributed by atoms with Gasteiger partial charge in [-0.25, -0.2) is 4.98 Å². The molecule has 0 spiro atoms. The fourth-order valence-corrected chi connectivity index (χ4v) is 7.92. The molecule has 290 valence electrons. The van der Waals surface area contributed by atoms with Gasteiger partial charge in [-0.05, 0) is 82.2 Å². The second-order valence-corrected chi connectivity index (χ2v) is 14.5. The van der Waals surface area contributed by atoms with Gasteiger partial charge in [-0.15, -0.1) is 23.8 Å². The van der Waals surface area contributed by atoms with E-state index >= 15 is 0 Å². The zero-order valence-electron chi connectivity index (χ0n) is 35.2. The van der Waals surface area contributed by atoms with Crippen molar-refractivity contribution in [2.24, 2.45) is 0 Å². The summed E-state index contributed by atoms with van der Waals surface area (Å²) in [6.07, 6.45) is 1.84. The van der Waals surface area contributed by atoms with Crippen molar-refractivity contribution in [1.29, 1.82) is 0 Å². The van der Waals surface area contributed by atoms with Gasteiger partial charge in [-0.2, -0.15) is 0 Å². The zero-order valence-corrected chi connectivity index (χ0v) is 34.5. The number of phenolic OH excluding ortho intramolecular Hbond substituents is 1. The van der Waals surface area contributed by atoms with Gasteiger partial charge in [0.1, 0.15) is 11.6 Å². The Labute approximate surface area is 368 Å². The molecule has 0 amide bonds. The van der Waals surface area contributed by atoms with E-state index < -0.39 is 6.85 Å². The summed E-state index contributed by atoms with van der Waals surface area (Å²) in [5.41, 5.74) is 13.3. The van der Waals surface area contributed by atoms with Gasteiger partial charge in [-0.1, -0.05) is 168 Å². The topological polar surface area (TPSA) is 50.9 Å². The average Bonchev–Trinajstić information content (AvgIpc) is 3.71. The number of aromatic nitrogens is 3. The number of benzene rings is 8. The van der Waals surface area contributed by atoms with Crippen molar-refractivity contribution < 1.29 is 30.3 Å².